The van der Waals surface area contributed by atoms with Crippen LogP contribution in [0, 0.1) is 0 Å². The molecule has 1 rings (SSSR count). The molecule has 0 aliphatic heterocycles. The van der Waals surface area contributed by atoms with E-state index in [1.165, 1.54) is 0 Å². The van der Waals surface area contributed by atoms with Crippen molar-refractivity contribution in [3.8, 4) is 0 Å². The maximum atomic E-state index is 10.6. The maximum Gasteiger partial charge on any atom is 1.00 e. The Bertz CT molecular complexity index is 270. The van der Waals surface area contributed by atoms with Crippen LogP contribution in [-0.2, 0) is 0 Å². The molecule has 16 heavy (non-hydrogen) atoms. The normalized spacial score (nSPS) is 9.94. The van der Waals surface area contributed by atoms with Gasteiger partial charge in [0, 0.05) is 5.69 Å². The first-order valence-corrected chi connectivity index (χ1v) is 6.63. The van der Waals surface area contributed by atoms with E-state index in [0.29, 0.717) is 5.69 Å². The first-order valence-electron chi connectivity index (χ1n) is 3.84. The van der Waals surface area contributed by atoms with E-state index in [1.54, 1.807) is 30.3 Å². The molecule has 1 aromatic rings. The quantitative estimate of drug-likeness (QED) is 0.435. The van der Waals surface area contributed by atoms with E-state index in [-0.39, 0.29) is 59.1 Å². The van der Waals surface area contributed by atoms with Gasteiger partial charge in [0.05, 0.1) is 0 Å². The molecule has 78 valence electrons. The number of rotatable bonds is 4. The molecule has 5 nitrogen and oxygen atoms in total. The molecular formula is C7H9NNa2O4P2. The first kappa shape index (κ1) is 20.0. The number of hydrogen-bond donors (Lipinski definition) is 1. The summed E-state index contributed by atoms with van der Waals surface area (Å²) >= 11 is 0. The Hall–Kier alpha value is 1.72. The number of benzene rings is 1. The van der Waals surface area contributed by atoms with Gasteiger partial charge in [0.2, 0.25) is 5.52 Å². The van der Waals surface area contributed by atoms with Crippen LogP contribution in [0.25, 0.3) is 0 Å². The van der Waals surface area contributed by atoms with Crippen LogP contribution in [0.1, 0.15) is 0 Å². The summed E-state index contributed by atoms with van der Waals surface area (Å²) in [5.41, 5.74) is -0.992. The Morgan fingerprint density at radius 2 is 1.31 bits per heavy atom. The fourth-order valence-corrected chi connectivity index (χ4v) is 2.25. The monoisotopic (exact) mass is 279 g/mol. The van der Waals surface area contributed by atoms with Crippen molar-refractivity contribution in [2.24, 2.45) is 0 Å². The molecule has 0 heterocycles. The molecule has 9 heteroatoms. The van der Waals surface area contributed by atoms with E-state index in [2.05, 4.69) is 5.32 Å². The van der Waals surface area contributed by atoms with Crippen molar-refractivity contribution < 1.29 is 78.7 Å². The summed E-state index contributed by atoms with van der Waals surface area (Å²) in [5.74, 6) is 0. The molecule has 0 amide bonds. The number of hydrogen-bond acceptors (Lipinski definition) is 5. The Balaban J connectivity index is 0. The van der Waals surface area contributed by atoms with E-state index in [9.17, 15) is 19.6 Å². The molecule has 1 aromatic carbocycles. The predicted molar refractivity (Wildman–Crippen MR) is 50.5 cm³/mol. The average Bonchev–Trinajstić information content (AvgIpc) is 2.15. The molecule has 0 unspecified atom stereocenters. The molecular weight excluding hydrogens is 270 g/mol. The molecule has 0 bridgehead atoms. The fraction of sp³-hybridized carbons (Fsp3) is 0.143. The Morgan fingerprint density at radius 3 is 1.69 bits per heavy atom. The van der Waals surface area contributed by atoms with Crippen molar-refractivity contribution in [1.29, 1.82) is 0 Å². The van der Waals surface area contributed by atoms with Crippen molar-refractivity contribution in [1.82, 2.24) is 0 Å². The van der Waals surface area contributed by atoms with Gasteiger partial charge in [-0.15, -0.1) is 0 Å². The zero-order valence-corrected chi connectivity index (χ0v) is 15.1. The third kappa shape index (κ3) is 7.22. The van der Waals surface area contributed by atoms with Crippen LogP contribution in [-0.4, -0.2) is 5.52 Å². The minimum Gasteiger partial charge on any atom is -0.681 e. The van der Waals surface area contributed by atoms with Crippen molar-refractivity contribution >= 4 is 22.4 Å². The van der Waals surface area contributed by atoms with Crippen molar-refractivity contribution in [2.75, 3.05) is 5.32 Å². The van der Waals surface area contributed by atoms with E-state index in [0.717, 1.165) is 0 Å². The molecule has 0 spiro atoms. The Morgan fingerprint density at radius 1 is 0.875 bits per heavy atom. The summed E-state index contributed by atoms with van der Waals surface area (Å²) in [5, 5.41) is 2.42. The third-order valence-corrected chi connectivity index (χ3v) is 4.20. The van der Waals surface area contributed by atoms with Crippen LogP contribution in [0.3, 0.4) is 0 Å². The minimum absolute atomic E-state index is 0. The van der Waals surface area contributed by atoms with Gasteiger partial charge < -0.3 is 24.9 Å². The Labute approximate surface area is 141 Å². The van der Waals surface area contributed by atoms with Crippen LogP contribution in [0.15, 0.2) is 30.3 Å². The van der Waals surface area contributed by atoms with Gasteiger partial charge in [-0.1, -0.05) is 18.2 Å². The standard InChI is InChI=1S/C7H9NO4P2.2Na/c9-13(10)7(14(11)12)8-6-4-2-1-3-5-6;;/h1-5,7-8,13-14H;;/q-2;2*+1. The molecule has 1 N–H and O–H groups in total. The average molecular weight is 279 g/mol. The molecule has 0 radical (unpaired) electrons. The van der Waals surface area contributed by atoms with E-state index in [4.69, 9.17) is 0 Å². The number of anilines is 1. The smallest absolute Gasteiger partial charge is 0.681 e. The second-order valence-electron chi connectivity index (χ2n) is 2.58. The minimum atomic E-state index is -3.36. The van der Waals surface area contributed by atoms with Gasteiger partial charge in [-0.3, -0.25) is 0 Å². The number of nitrogens with one attached hydrogen (secondary N) is 1. The van der Waals surface area contributed by atoms with Gasteiger partial charge in [-0.25, -0.2) is 0 Å². The second-order valence-corrected chi connectivity index (χ2v) is 5.59. The predicted octanol–water partition coefficient (Wildman–Crippen LogP) is -8.08. The van der Waals surface area contributed by atoms with Crippen LogP contribution < -0.4 is 84.0 Å². The fourth-order valence-electron chi connectivity index (χ4n) is 0.915. The largest absolute Gasteiger partial charge is 1.00 e. The zero-order chi connectivity index (χ0) is 10.6. The van der Waals surface area contributed by atoms with Gasteiger partial charge in [0.15, 0.2) is 0 Å². The Kier molecular flexibility index (Phi) is 13.3. The van der Waals surface area contributed by atoms with Gasteiger partial charge in [0.1, 0.15) is 0 Å². The topological polar surface area (TPSA) is 104 Å². The summed E-state index contributed by atoms with van der Waals surface area (Å²) in [6, 6.07) is 8.32. The van der Waals surface area contributed by atoms with Crippen LogP contribution >= 0.6 is 16.8 Å². The molecule has 0 aliphatic rings. The molecule has 0 saturated heterocycles. The summed E-state index contributed by atoms with van der Waals surface area (Å²) in [7, 11) is -6.72. The van der Waals surface area contributed by atoms with Crippen molar-refractivity contribution in [3.05, 3.63) is 30.3 Å². The maximum absolute atomic E-state index is 10.6. The molecule has 0 fully saturated rings. The van der Waals surface area contributed by atoms with Gasteiger partial charge in [-0.05, 0) is 28.9 Å². The second kappa shape index (κ2) is 10.6. The van der Waals surface area contributed by atoms with Crippen LogP contribution in [0.4, 0.5) is 5.69 Å². The van der Waals surface area contributed by atoms with E-state index < -0.39 is 22.3 Å². The summed E-state index contributed by atoms with van der Waals surface area (Å²) in [6.07, 6.45) is 0. The van der Waals surface area contributed by atoms with Crippen LogP contribution in [0.2, 0.25) is 0 Å². The van der Waals surface area contributed by atoms with Gasteiger partial charge in [-0.2, -0.15) is 0 Å². The van der Waals surface area contributed by atoms with E-state index >= 15 is 0 Å². The molecule has 0 aromatic heterocycles. The summed E-state index contributed by atoms with van der Waals surface area (Å²) in [6.45, 7) is 0. The van der Waals surface area contributed by atoms with Crippen molar-refractivity contribution in [2.45, 2.75) is 5.52 Å². The van der Waals surface area contributed by atoms with Gasteiger partial charge in [0.25, 0.3) is 0 Å². The summed E-state index contributed by atoms with van der Waals surface area (Å²) in [4.78, 5) is 42.3. The summed E-state index contributed by atoms with van der Waals surface area (Å²) < 4.78 is 0. The number of para-hydroxylation sites is 1. The molecule has 0 aliphatic carbocycles. The SMILES string of the molecule is [Na+].[Na+].[O-][PH+]([O-])C(Nc1ccccc1)[PH+]([O-])[O-]. The first-order chi connectivity index (χ1) is 6.61. The van der Waals surface area contributed by atoms with E-state index in [1.807, 2.05) is 0 Å². The third-order valence-electron chi connectivity index (χ3n) is 1.56. The molecule has 0 saturated carbocycles. The van der Waals surface area contributed by atoms with Crippen LogP contribution in [0.5, 0.6) is 0 Å². The van der Waals surface area contributed by atoms with Crippen molar-refractivity contribution in [3.63, 3.8) is 0 Å². The van der Waals surface area contributed by atoms with Gasteiger partial charge >= 0.3 is 59.1 Å². The molecule has 0 atom stereocenters. The zero-order valence-electron chi connectivity index (χ0n) is 9.10.